The Morgan fingerprint density at radius 2 is 1.89 bits per heavy atom. The molecule has 0 atom stereocenters. The molecule has 1 heterocycles. The summed E-state index contributed by atoms with van der Waals surface area (Å²) < 4.78 is 7.02. The van der Waals surface area contributed by atoms with Gasteiger partial charge in [-0.1, -0.05) is 30.3 Å². The summed E-state index contributed by atoms with van der Waals surface area (Å²) >= 11 is 2.32. The predicted octanol–water partition coefficient (Wildman–Crippen LogP) is 4.35. The summed E-state index contributed by atoms with van der Waals surface area (Å²) in [5.74, 6) is 0.893. The first-order valence-electron chi connectivity index (χ1n) is 5.76. The fraction of sp³-hybridized carbons (Fsp3) is 0.0667. The van der Waals surface area contributed by atoms with Crippen LogP contribution in [0.2, 0.25) is 0 Å². The van der Waals surface area contributed by atoms with Gasteiger partial charge in [0.2, 0.25) is 0 Å². The van der Waals surface area contributed by atoms with E-state index in [1.807, 2.05) is 36.5 Å². The molecule has 0 radical (unpaired) electrons. The van der Waals surface area contributed by atoms with Crippen molar-refractivity contribution in [2.45, 2.75) is 6.61 Å². The van der Waals surface area contributed by atoms with Crippen LogP contribution in [0.4, 0.5) is 0 Å². The van der Waals surface area contributed by atoms with Crippen LogP contribution in [0.1, 0.15) is 5.56 Å². The van der Waals surface area contributed by atoms with Crippen molar-refractivity contribution >= 4 is 33.5 Å². The molecule has 1 N–H and O–H groups in total. The highest BCUT2D eigenvalue weighted by Gasteiger charge is 2.02. The van der Waals surface area contributed by atoms with Gasteiger partial charge in [-0.3, -0.25) is 0 Å². The molecule has 0 bridgehead atoms. The summed E-state index contributed by atoms with van der Waals surface area (Å²) in [5.41, 5.74) is 2.30. The fourth-order valence-electron chi connectivity index (χ4n) is 1.90. The number of hydrogen-bond acceptors (Lipinski definition) is 1. The molecular formula is C15H12INO. The smallest absolute Gasteiger partial charge is 0.121 e. The Labute approximate surface area is 119 Å². The number of rotatable bonds is 3. The first kappa shape index (κ1) is 11.6. The van der Waals surface area contributed by atoms with E-state index in [2.05, 4.69) is 45.8 Å². The largest absolute Gasteiger partial charge is 0.489 e. The molecule has 0 aliphatic heterocycles. The SMILES string of the molecule is Ic1c[nH]c2cc(OCc3ccccc3)ccc12. The van der Waals surface area contributed by atoms with Gasteiger partial charge in [-0.05, 0) is 40.3 Å². The van der Waals surface area contributed by atoms with Crippen molar-refractivity contribution in [3.05, 3.63) is 63.9 Å². The van der Waals surface area contributed by atoms with Crippen molar-refractivity contribution in [3.8, 4) is 5.75 Å². The second-order valence-electron chi connectivity index (χ2n) is 4.12. The summed E-state index contributed by atoms with van der Waals surface area (Å²) in [6.07, 6.45) is 2.01. The molecule has 1 aromatic heterocycles. The van der Waals surface area contributed by atoms with Gasteiger partial charge in [0.1, 0.15) is 12.4 Å². The number of fused-ring (bicyclic) bond motifs is 1. The third kappa shape index (κ3) is 2.36. The maximum absolute atomic E-state index is 5.79. The minimum absolute atomic E-state index is 0.601. The number of aromatic nitrogens is 1. The van der Waals surface area contributed by atoms with Crippen LogP contribution >= 0.6 is 22.6 Å². The Kier molecular flexibility index (Phi) is 3.23. The molecule has 18 heavy (non-hydrogen) atoms. The van der Waals surface area contributed by atoms with Gasteiger partial charge >= 0.3 is 0 Å². The number of benzene rings is 2. The van der Waals surface area contributed by atoms with Crippen LogP contribution in [0.3, 0.4) is 0 Å². The second kappa shape index (κ2) is 5.02. The number of ether oxygens (including phenoxy) is 1. The lowest BCUT2D eigenvalue weighted by Crippen LogP contribution is -1.94. The number of nitrogens with one attached hydrogen (secondary N) is 1. The molecule has 90 valence electrons. The zero-order valence-electron chi connectivity index (χ0n) is 9.69. The van der Waals surface area contributed by atoms with Crippen molar-refractivity contribution in [2.24, 2.45) is 0 Å². The van der Waals surface area contributed by atoms with E-state index in [0.29, 0.717) is 6.61 Å². The molecule has 2 aromatic carbocycles. The summed E-state index contributed by atoms with van der Waals surface area (Å²) in [6, 6.07) is 16.3. The van der Waals surface area contributed by atoms with Crippen molar-refractivity contribution < 1.29 is 4.74 Å². The van der Waals surface area contributed by atoms with E-state index in [1.54, 1.807) is 0 Å². The van der Waals surface area contributed by atoms with Crippen LogP contribution < -0.4 is 4.74 Å². The quantitative estimate of drug-likeness (QED) is 0.699. The Morgan fingerprint density at radius 1 is 1.06 bits per heavy atom. The van der Waals surface area contributed by atoms with E-state index < -0.39 is 0 Å². The molecule has 0 amide bonds. The molecule has 3 aromatic rings. The molecule has 3 heteroatoms. The minimum atomic E-state index is 0.601. The second-order valence-corrected chi connectivity index (χ2v) is 5.28. The van der Waals surface area contributed by atoms with Gasteiger partial charge in [0, 0.05) is 21.2 Å². The Hall–Kier alpha value is -1.49. The topological polar surface area (TPSA) is 25.0 Å². The first-order valence-corrected chi connectivity index (χ1v) is 6.84. The highest BCUT2D eigenvalue weighted by Crippen LogP contribution is 2.24. The molecule has 2 nitrogen and oxygen atoms in total. The van der Waals surface area contributed by atoms with E-state index in [-0.39, 0.29) is 0 Å². The van der Waals surface area contributed by atoms with Crippen LogP contribution in [-0.4, -0.2) is 4.98 Å². The van der Waals surface area contributed by atoms with E-state index in [1.165, 1.54) is 14.5 Å². The van der Waals surface area contributed by atoms with Crippen molar-refractivity contribution in [3.63, 3.8) is 0 Å². The molecular weight excluding hydrogens is 337 g/mol. The molecule has 0 spiro atoms. The molecule has 0 unspecified atom stereocenters. The molecule has 0 saturated carbocycles. The van der Waals surface area contributed by atoms with E-state index >= 15 is 0 Å². The number of halogens is 1. The van der Waals surface area contributed by atoms with Gasteiger partial charge in [0.15, 0.2) is 0 Å². The van der Waals surface area contributed by atoms with E-state index in [4.69, 9.17) is 4.74 Å². The first-order chi connectivity index (χ1) is 8.83. The molecule has 0 aliphatic carbocycles. The Balaban J connectivity index is 1.79. The van der Waals surface area contributed by atoms with E-state index in [0.717, 1.165) is 11.3 Å². The molecule has 0 aliphatic rings. The van der Waals surface area contributed by atoms with E-state index in [9.17, 15) is 0 Å². The fourth-order valence-corrected chi connectivity index (χ4v) is 2.53. The minimum Gasteiger partial charge on any atom is -0.489 e. The number of H-pyrrole nitrogens is 1. The van der Waals surface area contributed by atoms with Gasteiger partial charge in [0.05, 0.1) is 5.52 Å². The van der Waals surface area contributed by atoms with Gasteiger partial charge in [-0.15, -0.1) is 0 Å². The van der Waals surface area contributed by atoms with Crippen LogP contribution in [0.25, 0.3) is 10.9 Å². The Morgan fingerprint density at radius 3 is 2.72 bits per heavy atom. The van der Waals surface area contributed by atoms with Crippen LogP contribution in [0.15, 0.2) is 54.7 Å². The maximum atomic E-state index is 5.79. The van der Waals surface area contributed by atoms with Crippen molar-refractivity contribution in [2.75, 3.05) is 0 Å². The van der Waals surface area contributed by atoms with Gasteiger partial charge < -0.3 is 9.72 Å². The summed E-state index contributed by atoms with van der Waals surface area (Å²) in [4.78, 5) is 3.24. The van der Waals surface area contributed by atoms with Crippen molar-refractivity contribution in [1.29, 1.82) is 0 Å². The highest BCUT2D eigenvalue weighted by atomic mass is 127. The third-order valence-electron chi connectivity index (χ3n) is 2.85. The predicted molar refractivity (Wildman–Crippen MR) is 81.8 cm³/mol. The number of aromatic amines is 1. The Bertz CT molecular complexity index is 661. The van der Waals surface area contributed by atoms with Gasteiger partial charge in [-0.25, -0.2) is 0 Å². The lowest BCUT2D eigenvalue weighted by Gasteiger charge is -2.06. The van der Waals surface area contributed by atoms with Gasteiger partial charge in [-0.2, -0.15) is 0 Å². The van der Waals surface area contributed by atoms with Crippen LogP contribution in [-0.2, 0) is 6.61 Å². The highest BCUT2D eigenvalue weighted by molar-refractivity contribution is 14.1. The zero-order valence-corrected chi connectivity index (χ0v) is 11.8. The normalized spacial score (nSPS) is 10.7. The van der Waals surface area contributed by atoms with Crippen molar-refractivity contribution in [1.82, 2.24) is 4.98 Å². The zero-order chi connectivity index (χ0) is 12.4. The maximum Gasteiger partial charge on any atom is 0.121 e. The standard InChI is InChI=1S/C15H12INO/c16-14-9-17-15-8-12(6-7-13(14)15)18-10-11-4-2-1-3-5-11/h1-9,17H,10H2. The average molecular weight is 349 g/mol. The molecule has 0 saturated heterocycles. The molecule has 3 rings (SSSR count). The molecule has 0 fully saturated rings. The average Bonchev–Trinajstić information content (AvgIpc) is 2.79. The monoisotopic (exact) mass is 349 g/mol. The lowest BCUT2D eigenvalue weighted by atomic mass is 10.2. The third-order valence-corrected chi connectivity index (χ3v) is 3.74. The van der Waals surface area contributed by atoms with Gasteiger partial charge in [0.25, 0.3) is 0 Å². The summed E-state index contributed by atoms with van der Waals surface area (Å²) in [7, 11) is 0. The van der Waals surface area contributed by atoms with Crippen LogP contribution in [0, 0.1) is 3.57 Å². The summed E-state index contributed by atoms with van der Waals surface area (Å²) in [5, 5.41) is 1.24. The van der Waals surface area contributed by atoms with Crippen LogP contribution in [0.5, 0.6) is 5.75 Å². The summed E-state index contributed by atoms with van der Waals surface area (Å²) in [6.45, 7) is 0.601. The number of hydrogen-bond donors (Lipinski definition) is 1. The lowest BCUT2D eigenvalue weighted by molar-refractivity contribution is 0.306.